The Kier molecular flexibility index (Phi) is 9.32. The van der Waals surface area contributed by atoms with Gasteiger partial charge in [-0.05, 0) is 163 Å². The molecule has 0 aromatic carbocycles. The Morgan fingerprint density at radius 3 is 0.486 bits per heavy atom. The van der Waals surface area contributed by atoms with Crippen molar-refractivity contribution in [2.24, 2.45) is 0 Å². The van der Waals surface area contributed by atoms with Gasteiger partial charge in [0.1, 0.15) is 0 Å². The minimum Gasteiger partial charge on any atom is -0.0622 e. The van der Waals surface area contributed by atoms with Crippen LogP contribution in [0.3, 0.4) is 0 Å². The van der Waals surface area contributed by atoms with Gasteiger partial charge in [0.25, 0.3) is 0 Å². The Morgan fingerprint density at radius 2 is 0.271 bits per heavy atom. The van der Waals surface area contributed by atoms with E-state index in [9.17, 15) is 0 Å². The normalized spacial score (nSPS) is 11.7. The van der Waals surface area contributed by atoms with E-state index in [0.29, 0.717) is 0 Å². The fraction of sp³-hybridized carbons (Fsp3) is 0. The predicted octanol–water partition coefficient (Wildman–Crippen LogP) is 19.4. The molecule has 14 aliphatic rings. The zero-order valence-electron chi connectivity index (χ0n) is 38.4. The van der Waals surface area contributed by atoms with Crippen molar-refractivity contribution in [1.82, 2.24) is 0 Å². The van der Waals surface area contributed by atoms with Crippen LogP contribution in [0.2, 0.25) is 0 Å². The third-order valence-electron chi connectivity index (χ3n) is 14.9. The number of rotatable bonds is 6. The first kappa shape index (κ1) is 40.0. The fourth-order valence-electron chi connectivity index (χ4n) is 11.2. The molecular weight excluding hydrogens is 841 g/mol. The quantitative estimate of drug-likeness (QED) is 0.156. The number of fused-ring (bicyclic) bond motifs is 7. The van der Waals surface area contributed by atoms with E-state index in [0.717, 1.165) is 0 Å². The highest BCUT2D eigenvalue weighted by atomic mass is 14.3. The Bertz CT molecular complexity index is 3420. The van der Waals surface area contributed by atoms with E-state index in [2.05, 4.69) is 267 Å². The summed E-state index contributed by atoms with van der Waals surface area (Å²) < 4.78 is 0. The minimum absolute atomic E-state index is 1.18. The molecule has 0 aliphatic heterocycles. The van der Waals surface area contributed by atoms with E-state index < -0.39 is 0 Å². The summed E-state index contributed by atoms with van der Waals surface area (Å²) >= 11 is 0. The van der Waals surface area contributed by atoms with E-state index >= 15 is 0 Å². The van der Waals surface area contributed by atoms with Gasteiger partial charge in [-0.1, -0.05) is 249 Å². The maximum absolute atomic E-state index is 2.42. The van der Waals surface area contributed by atoms with Gasteiger partial charge in [0.2, 0.25) is 0 Å². The van der Waals surface area contributed by atoms with E-state index in [1.54, 1.807) is 0 Å². The predicted molar refractivity (Wildman–Crippen MR) is 295 cm³/mol. The molecule has 0 heteroatoms. The van der Waals surface area contributed by atoms with Crippen LogP contribution in [-0.2, 0) is 0 Å². The van der Waals surface area contributed by atoms with Crippen LogP contribution < -0.4 is 0 Å². The standard InChI is InChI=1S/C70H44/c1-2-16-59-60(17-3-1)66(58-36-40-63-64(41-37-58)70(56-32-24-51-14-7-15-52(51)25-33-56)44-69(63)55-30-22-49-12-6-13-50(49)23-31-55)42-65(59)57-34-38-61-62(39-35-57)68(54-28-20-47-10-5-11-48(47)21-29-54)43-67(61)53-26-18-45-8-4-9-46(45)19-27-53/h1-44H. The van der Waals surface area contributed by atoms with Crippen molar-refractivity contribution in [3.63, 3.8) is 0 Å². The molecule has 324 valence electrons. The molecule has 0 saturated carbocycles. The molecule has 0 N–H and O–H groups in total. The van der Waals surface area contributed by atoms with Crippen LogP contribution in [0.15, 0.2) is 267 Å². The molecule has 0 saturated heterocycles. The molecule has 14 aliphatic carbocycles. The smallest absolute Gasteiger partial charge is 0.00987 e. The van der Waals surface area contributed by atoms with Crippen LogP contribution in [0.4, 0.5) is 0 Å². The second-order valence-corrected chi connectivity index (χ2v) is 18.8. The van der Waals surface area contributed by atoms with Crippen LogP contribution in [-0.4, -0.2) is 0 Å². The van der Waals surface area contributed by atoms with Crippen molar-refractivity contribution in [2.45, 2.75) is 0 Å². The third-order valence-corrected chi connectivity index (χ3v) is 14.9. The lowest BCUT2D eigenvalue weighted by Crippen LogP contribution is -1.75. The summed E-state index contributed by atoms with van der Waals surface area (Å²) in [4.78, 5) is 0. The summed E-state index contributed by atoms with van der Waals surface area (Å²) in [6, 6.07) is 99.4. The Balaban J connectivity index is 0.938. The van der Waals surface area contributed by atoms with E-state index in [1.165, 1.54) is 145 Å². The van der Waals surface area contributed by atoms with Crippen LogP contribution in [0, 0.1) is 0 Å². The summed E-state index contributed by atoms with van der Waals surface area (Å²) in [5.74, 6) is 0. The molecule has 0 aromatic heterocycles. The molecule has 14 rings (SSSR count). The van der Waals surface area contributed by atoms with Gasteiger partial charge in [0.15, 0.2) is 0 Å². The molecule has 0 fully saturated rings. The first-order valence-electron chi connectivity index (χ1n) is 24.3. The first-order valence-corrected chi connectivity index (χ1v) is 24.3. The summed E-state index contributed by atoms with van der Waals surface area (Å²) in [6.07, 6.45) is 0. The molecule has 70 heavy (non-hydrogen) atoms. The Hall–Kier alpha value is -9.10. The highest BCUT2D eigenvalue weighted by Gasteiger charge is 2.23. The lowest BCUT2D eigenvalue weighted by molar-refractivity contribution is 1.72. The van der Waals surface area contributed by atoms with Gasteiger partial charge in [0.05, 0.1) is 0 Å². The highest BCUT2D eigenvalue weighted by molar-refractivity contribution is 6.03. The van der Waals surface area contributed by atoms with Gasteiger partial charge < -0.3 is 0 Å². The topological polar surface area (TPSA) is 0 Å². The molecular formula is C70H44. The molecule has 0 bridgehead atoms. The van der Waals surface area contributed by atoms with Crippen LogP contribution in [0.1, 0.15) is 0 Å². The second-order valence-electron chi connectivity index (χ2n) is 18.8. The van der Waals surface area contributed by atoms with E-state index in [-0.39, 0.29) is 0 Å². The maximum Gasteiger partial charge on any atom is -0.00987 e. The highest BCUT2D eigenvalue weighted by Crippen LogP contribution is 2.49. The number of hydrogen-bond acceptors (Lipinski definition) is 0. The van der Waals surface area contributed by atoms with Crippen LogP contribution in [0.5, 0.6) is 0 Å². The van der Waals surface area contributed by atoms with E-state index in [1.807, 2.05) is 0 Å². The zero-order valence-corrected chi connectivity index (χ0v) is 38.4. The molecule has 0 amide bonds. The van der Waals surface area contributed by atoms with Gasteiger partial charge in [-0.25, -0.2) is 0 Å². The van der Waals surface area contributed by atoms with Crippen molar-refractivity contribution in [2.75, 3.05) is 0 Å². The molecule has 0 atom stereocenters. The molecule has 0 heterocycles. The minimum atomic E-state index is 1.18. The van der Waals surface area contributed by atoms with Crippen molar-refractivity contribution in [1.29, 1.82) is 0 Å². The fourth-order valence-corrected chi connectivity index (χ4v) is 11.2. The van der Waals surface area contributed by atoms with Crippen LogP contribution >= 0.6 is 0 Å². The van der Waals surface area contributed by atoms with Crippen molar-refractivity contribution >= 4 is 0 Å². The largest absolute Gasteiger partial charge is 0.0622 e. The first-order chi connectivity index (χ1) is 34.7. The van der Waals surface area contributed by atoms with Gasteiger partial charge >= 0.3 is 0 Å². The second kappa shape index (κ2) is 16.3. The van der Waals surface area contributed by atoms with Gasteiger partial charge in [0, 0.05) is 0 Å². The SMILES string of the molecule is c1ccc2c(-c3ccc4c(-c5ccc6cccc-6cc5)cc(-c5ccc6cccc-6cc5)c-4cc3)cc(-c3ccc4c(-c5ccc6cccc-6cc5)cc(-c5ccc6cccc-6cc5)c-4cc3)c-2cc1. The zero-order chi connectivity index (χ0) is 46.1. The average Bonchev–Trinajstić information content (AvgIpc) is 4.23. The molecule has 0 nitrogen and oxygen atoms in total. The molecule has 0 aromatic rings. The summed E-state index contributed by atoms with van der Waals surface area (Å²) in [6.45, 7) is 0. The van der Waals surface area contributed by atoms with Gasteiger partial charge in [-0.15, -0.1) is 0 Å². The molecule has 0 unspecified atom stereocenters. The van der Waals surface area contributed by atoms with Crippen molar-refractivity contribution in [3.05, 3.63) is 267 Å². The lowest BCUT2D eigenvalue weighted by Gasteiger charge is -2.02. The van der Waals surface area contributed by atoms with Crippen molar-refractivity contribution < 1.29 is 0 Å². The monoisotopic (exact) mass is 884 g/mol. The molecule has 0 spiro atoms. The summed E-state index contributed by atoms with van der Waals surface area (Å²) in [5.41, 5.74) is 31.9. The Labute approximate surface area is 409 Å². The van der Waals surface area contributed by atoms with Crippen LogP contribution in [0.25, 0.3) is 145 Å². The number of hydrogen-bond donors (Lipinski definition) is 0. The Morgan fingerprint density at radius 1 is 0.100 bits per heavy atom. The summed E-state index contributed by atoms with van der Waals surface area (Å²) in [5, 5.41) is 0. The molecule has 0 radical (unpaired) electrons. The van der Waals surface area contributed by atoms with Gasteiger partial charge in [-0.3, -0.25) is 0 Å². The average molecular weight is 885 g/mol. The van der Waals surface area contributed by atoms with Crippen molar-refractivity contribution in [3.8, 4) is 145 Å². The van der Waals surface area contributed by atoms with Gasteiger partial charge in [-0.2, -0.15) is 0 Å². The lowest BCUT2D eigenvalue weighted by atomic mass is 10.0. The van der Waals surface area contributed by atoms with E-state index in [4.69, 9.17) is 0 Å². The third kappa shape index (κ3) is 6.76. The summed E-state index contributed by atoms with van der Waals surface area (Å²) in [7, 11) is 0. The maximum atomic E-state index is 2.42.